The standard InChI is InChI=1S/C10H9BrN2OS/c11-7-3-5-15-9(7)6-13-10(14)8-2-1-4-12-8/h1-5,12H,6H2,(H,13,14). The fourth-order valence-electron chi connectivity index (χ4n) is 1.18. The van der Waals surface area contributed by atoms with E-state index in [-0.39, 0.29) is 5.91 Å². The number of rotatable bonds is 3. The van der Waals surface area contributed by atoms with E-state index >= 15 is 0 Å². The van der Waals surface area contributed by atoms with E-state index in [1.54, 1.807) is 29.7 Å². The third-order valence-corrected chi connectivity index (χ3v) is 3.87. The summed E-state index contributed by atoms with van der Waals surface area (Å²) in [6.45, 7) is 0.552. The predicted molar refractivity (Wildman–Crippen MR) is 64.0 cm³/mol. The zero-order valence-corrected chi connectivity index (χ0v) is 10.2. The molecule has 0 saturated carbocycles. The Labute approximate surface area is 99.6 Å². The van der Waals surface area contributed by atoms with Crippen LogP contribution >= 0.6 is 27.3 Å². The molecule has 0 aliphatic carbocycles. The number of aromatic amines is 1. The van der Waals surface area contributed by atoms with E-state index in [2.05, 4.69) is 26.2 Å². The van der Waals surface area contributed by atoms with Gasteiger partial charge in [-0.05, 0) is 39.5 Å². The Morgan fingerprint density at radius 3 is 3.00 bits per heavy atom. The summed E-state index contributed by atoms with van der Waals surface area (Å²) in [6.07, 6.45) is 1.73. The van der Waals surface area contributed by atoms with E-state index in [4.69, 9.17) is 0 Å². The Morgan fingerprint density at radius 1 is 1.53 bits per heavy atom. The highest BCUT2D eigenvalue weighted by molar-refractivity contribution is 9.10. The first-order chi connectivity index (χ1) is 7.27. The summed E-state index contributed by atoms with van der Waals surface area (Å²) in [5.74, 6) is -0.0831. The van der Waals surface area contributed by atoms with E-state index in [0.29, 0.717) is 12.2 Å². The Morgan fingerprint density at radius 2 is 2.40 bits per heavy atom. The molecule has 1 amide bonds. The van der Waals surface area contributed by atoms with Crippen molar-refractivity contribution in [1.82, 2.24) is 10.3 Å². The molecule has 15 heavy (non-hydrogen) atoms. The highest BCUT2D eigenvalue weighted by atomic mass is 79.9. The highest BCUT2D eigenvalue weighted by Crippen LogP contribution is 2.22. The molecular formula is C10H9BrN2OS. The number of hydrogen-bond donors (Lipinski definition) is 2. The van der Waals surface area contributed by atoms with Crippen molar-refractivity contribution in [3.63, 3.8) is 0 Å². The van der Waals surface area contributed by atoms with Crippen molar-refractivity contribution in [2.75, 3.05) is 0 Å². The second kappa shape index (κ2) is 4.63. The summed E-state index contributed by atoms with van der Waals surface area (Å²) in [5, 5.41) is 4.82. The van der Waals surface area contributed by atoms with Gasteiger partial charge in [-0.25, -0.2) is 0 Å². The maximum Gasteiger partial charge on any atom is 0.267 e. The van der Waals surface area contributed by atoms with Crippen molar-refractivity contribution in [1.29, 1.82) is 0 Å². The van der Waals surface area contributed by atoms with E-state index in [1.165, 1.54) is 0 Å². The highest BCUT2D eigenvalue weighted by Gasteiger charge is 2.07. The van der Waals surface area contributed by atoms with Gasteiger partial charge in [0.25, 0.3) is 5.91 Å². The van der Waals surface area contributed by atoms with Crippen LogP contribution < -0.4 is 5.32 Å². The molecule has 0 spiro atoms. The zero-order valence-electron chi connectivity index (χ0n) is 7.79. The zero-order chi connectivity index (χ0) is 10.7. The second-order valence-electron chi connectivity index (χ2n) is 2.96. The molecule has 0 aliphatic rings. The molecule has 0 radical (unpaired) electrons. The van der Waals surface area contributed by atoms with Gasteiger partial charge in [-0.3, -0.25) is 4.79 Å². The van der Waals surface area contributed by atoms with Gasteiger partial charge < -0.3 is 10.3 Å². The molecule has 2 aromatic rings. The van der Waals surface area contributed by atoms with E-state index in [9.17, 15) is 4.79 Å². The summed E-state index contributed by atoms with van der Waals surface area (Å²) < 4.78 is 1.04. The van der Waals surface area contributed by atoms with Gasteiger partial charge in [-0.2, -0.15) is 0 Å². The smallest absolute Gasteiger partial charge is 0.267 e. The molecule has 0 fully saturated rings. The van der Waals surface area contributed by atoms with Crippen molar-refractivity contribution in [3.8, 4) is 0 Å². The van der Waals surface area contributed by atoms with Gasteiger partial charge in [-0.1, -0.05) is 0 Å². The minimum absolute atomic E-state index is 0.0831. The number of carbonyl (C=O) groups is 1. The van der Waals surface area contributed by atoms with Crippen LogP contribution in [-0.4, -0.2) is 10.9 Å². The third kappa shape index (κ3) is 2.49. The quantitative estimate of drug-likeness (QED) is 0.895. The van der Waals surface area contributed by atoms with Gasteiger partial charge in [0.1, 0.15) is 5.69 Å². The van der Waals surface area contributed by atoms with Crippen LogP contribution in [0.1, 0.15) is 15.4 Å². The number of H-pyrrole nitrogens is 1. The molecular weight excluding hydrogens is 276 g/mol. The van der Waals surface area contributed by atoms with Crippen molar-refractivity contribution >= 4 is 33.2 Å². The van der Waals surface area contributed by atoms with Crippen molar-refractivity contribution in [3.05, 3.63) is 44.8 Å². The van der Waals surface area contributed by atoms with Crippen LogP contribution in [0.15, 0.2) is 34.2 Å². The molecule has 0 atom stereocenters. The Hall–Kier alpha value is -1.07. The SMILES string of the molecule is O=C(NCc1sccc1Br)c1ccc[nH]1. The van der Waals surface area contributed by atoms with Crippen molar-refractivity contribution < 1.29 is 4.79 Å². The van der Waals surface area contributed by atoms with Crippen LogP contribution in [0, 0.1) is 0 Å². The van der Waals surface area contributed by atoms with E-state index in [1.807, 2.05) is 11.4 Å². The minimum atomic E-state index is -0.0831. The summed E-state index contributed by atoms with van der Waals surface area (Å²) in [4.78, 5) is 15.5. The molecule has 2 aromatic heterocycles. The van der Waals surface area contributed by atoms with Gasteiger partial charge >= 0.3 is 0 Å². The molecule has 0 aromatic carbocycles. The minimum Gasteiger partial charge on any atom is -0.357 e. The van der Waals surface area contributed by atoms with E-state index < -0.39 is 0 Å². The van der Waals surface area contributed by atoms with Gasteiger partial charge in [0.05, 0.1) is 6.54 Å². The lowest BCUT2D eigenvalue weighted by molar-refractivity contribution is 0.0947. The van der Waals surface area contributed by atoms with Crippen LogP contribution in [0.25, 0.3) is 0 Å². The van der Waals surface area contributed by atoms with Gasteiger partial charge in [0.15, 0.2) is 0 Å². The Balaban J connectivity index is 1.95. The summed E-state index contributed by atoms with van der Waals surface area (Å²) in [5.41, 5.74) is 0.586. The first-order valence-electron chi connectivity index (χ1n) is 4.41. The first kappa shape index (κ1) is 10.4. The molecule has 3 nitrogen and oxygen atoms in total. The fourth-order valence-corrected chi connectivity index (χ4v) is 2.61. The average molecular weight is 285 g/mol. The first-order valence-corrected chi connectivity index (χ1v) is 6.08. The summed E-state index contributed by atoms with van der Waals surface area (Å²) in [6, 6.07) is 5.52. The number of carbonyl (C=O) groups excluding carboxylic acids is 1. The van der Waals surface area contributed by atoms with Gasteiger partial charge in [-0.15, -0.1) is 11.3 Å². The number of thiophene rings is 1. The molecule has 0 aliphatic heterocycles. The number of hydrogen-bond acceptors (Lipinski definition) is 2. The van der Waals surface area contributed by atoms with E-state index in [0.717, 1.165) is 9.35 Å². The lowest BCUT2D eigenvalue weighted by atomic mass is 10.4. The number of nitrogens with one attached hydrogen (secondary N) is 2. The van der Waals surface area contributed by atoms with Crippen LogP contribution in [0.4, 0.5) is 0 Å². The maximum absolute atomic E-state index is 11.6. The van der Waals surface area contributed by atoms with Gasteiger partial charge in [0, 0.05) is 15.5 Å². The topological polar surface area (TPSA) is 44.9 Å². The molecule has 0 bridgehead atoms. The molecule has 2 N–H and O–H groups in total. The van der Waals surface area contributed by atoms with Crippen molar-refractivity contribution in [2.45, 2.75) is 6.54 Å². The third-order valence-electron chi connectivity index (χ3n) is 1.94. The molecule has 5 heteroatoms. The van der Waals surface area contributed by atoms with Crippen LogP contribution in [0.2, 0.25) is 0 Å². The Bertz CT molecular complexity index is 450. The number of halogens is 1. The van der Waals surface area contributed by atoms with Crippen LogP contribution in [0.3, 0.4) is 0 Å². The van der Waals surface area contributed by atoms with Gasteiger partial charge in [0.2, 0.25) is 0 Å². The van der Waals surface area contributed by atoms with Crippen molar-refractivity contribution in [2.24, 2.45) is 0 Å². The molecule has 2 rings (SSSR count). The fraction of sp³-hybridized carbons (Fsp3) is 0.100. The molecule has 2 heterocycles. The average Bonchev–Trinajstić information content (AvgIpc) is 2.85. The molecule has 0 unspecified atom stereocenters. The number of amides is 1. The molecule has 78 valence electrons. The second-order valence-corrected chi connectivity index (χ2v) is 4.81. The summed E-state index contributed by atoms with van der Waals surface area (Å²) in [7, 11) is 0. The lowest BCUT2D eigenvalue weighted by Gasteiger charge is -2.02. The van der Waals surface area contributed by atoms with Crippen LogP contribution in [-0.2, 0) is 6.54 Å². The lowest BCUT2D eigenvalue weighted by Crippen LogP contribution is -2.22. The Kier molecular flexibility index (Phi) is 3.23. The maximum atomic E-state index is 11.6. The molecule has 0 saturated heterocycles. The monoisotopic (exact) mass is 284 g/mol. The number of aromatic nitrogens is 1. The van der Waals surface area contributed by atoms with Crippen LogP contribution in [0.5, 0.6) is 0 Å². The summed E-state index contributed by atoms with van der Waals surface area (Å²) >= 11 is 5.03. The predicted octanol–water partition coefficient (Wildman–Crippen LogP) is 2.77. The normalized spacial score (nSPS) is 10.2. The largest absolute Gasteiger partial charge is 0.357 e.